The first kappa shape index (κ1) is 23.4. The zero-order chi connectivity index (χ0) is 21.6. The molecule has 0 amide bonds. The van der Waals surface area contributed by atoms with Crippen LogP contribution in [0.15, 0.2) is 24.3 Å². The average Bonchev–Trinajstić information content (AvgIpc) is 2.58. The van der Waals surface area contributed by atoms with Crippen molar-refractivity contribution >= 4 is 23.9 Å². The third kappa shape index (κ3) is 5.43. The predicted octanol–water partition coefficient (Wildman–Crippen LogP) is 2.58. The third-order valence-electron chi connectivity index (χ3n) is 4.94. The molecule has 1 rings (SSSR count). The van der Waals surface area contributed by atoms with Crippen LogP contribution in [0.5, 0.6) is 0 Å². The lowest BCUT2D eigenvalue weighted by molar-refractivity contribution is -0.183. The molecule has 8 heteroatoms. The maximum atomic E-state index is 12.2. The molecule has 0 aromatic rings. The standard InChI is InChI=1S/C20H28O8/c1-11(2)17(23)27-10-13(5)9-20(19(25)26)8-6-7-14(15(20)16(21)22)28-18(24)12(3)4/h13-15H,1,3,6-10H2,2,4-5H3,(H,21,22)(H,25,26). The average molecular weight is 396 g/mol. The number of hydrogen-bond donors (Lipinski definition) is 2. The number of ether oxygens (including phenoxy) is 2. The van der Waals surface area contributed by atoms with Gasteiger partial charge in [0.2, 0.25) is 0 Å². The molecule has 1 aliphatic rings. The van der Waals surface area contributed by atoms with Crippen molar-refractivity contribution in [3.63, 3.8) is 0 Å². The van der Waals surface area contributed by atoms with E-state index in [1.165, 1.54) is 13.8 Å². The minimum absolute atomic E-state index is 0.0378. The van der Waals surface area contributed by atoms with Gasteiger partial charge in [0, 0.05) is 11.1 Å². The number of carbonyl (C=O) groups is 4. The molecule has 8 nitrogen and oxygen atoms in total. The Labute approximate surface area is 164 Å². The van der Waals surface area contributed by atoms with Gasteiger partial charge in [-0.3, -0.25) is 9.59 Å². The van der Waals surface area contributed by atoms with Gasteiger partial charge in [-0.1, -0.05) is 20.1 Å². The fraction of sp³-hybridized carbons (Fsp3) is 0.600. The van der Waals surface area contributed by atoms with Gasteiger partial charge in [0.25, 0.3) is 0 Å². The van der Waals surface area contributed by atoms with E-state index in [0.29, 0.717) is 6.42 Å². The summed E-state index contributed by atoms with van der Waals surface area (Å²) < 4.78 is 10.3. The Morgan fingerprint density at radius 1 is 1.11 bits per heavy atom. The lowest BCUT2D eigenvalue weighted by Gasteiger charge is -2.43. The molecule has 0 aromatic heterocycles. The van der Waals surface area contributed by atoms with Gasteiger partial charge in [-0.05, 0) is 45.4 Å². The van der Waals surface area contributed by atoms with Crippen LogP contribution in [0, 0.1) is 17.3 Å². The minimum atomic E-state index is -1.64. The zero-order valence-electron chi connectivity index (χ0n) is 16.5. The molecular weight excluding hydrogens is 368 g/mol. The first-order chi connectivity index (χ1) is 12.9. The van der Waals surface area contributed by atoms with Gasteiger partial charge < -0.3 is 19.7 Å². The lowest BCUT2D eigenvalue weighted by Crippen LogP contribution is -2.53. The van der Waals surface area contributed by atoms with Crippen LogP contribution in [0.3, 0.4) is 0 Å². The molecule has 2 N–H and O–H groups in total. The summed E-state index contributed by atoms with van der Waals surface area (Å²) >= 11 is 0. The maximum absolute atomic E-state index is 12.2. The minimum Gasteiger partial charge on any atom is -0.481 e. The SMILES string of the molecule is C=C(C)C(=O)OCC(C)CC1(C(=O)O)CCCC(OC(=O)C(=C)C)C1C(=O)O. The highest BCUT2D eigenvalue weighted by Crippen LogP contribution is 2.47. The molecule has 28 heavy (non-hydrogen) atoms. The van der Waals surface area contributed by atoms with E-state index in [0.717, 1.165) is 0 Å². The van der Waals surface area contributed by atoms with Gasteiger partial charge >= 0.3 is 23.9 Å². The Morgan fingerprint density at radius 3 is 2.14 bits per heavy atom. The van der Waals surface area contributed by atoms with E-state index in [1.807, 2.05) is 0 Å². The van der Waals surface area contributed by atoms with E-state index in [1.54, 1.807) is 6.92 Å². The van der Waals surface area contributed by atoms with Crippen molar-refractivity contribution in [2.75, 3.05) is 6.61 Å². The van der Waals surface area contributed by atoms with Crippen molar-refractivity contribution in [3.8, 4) is 0 Å². The van der Waals surface area contributed by atoms with Gasteiger partial charge in [-0.25, -0.2) is 9.59 Å². The van der Waals surface area contributed by atoms with Gasteiger partial charge in [0.05, 0.1) is 12.0 Å². The molecule has 0 spiro atoms. The predicted molar refractivity (Wildman–Crippen MR) is 99.3 cm³/mol. The Morgan fingerprint density at radius 2 is 1.68 bits per heavy atom. The van der Waals surface area contributed by atoms with Crippen molar-refractivity contribution in [2.24, 2.45) is 17.3 Å². The largest absolute Gasteiger partial charge is 0.481 e. The summed E-state index contributed by atoms with van der Waals surface area (Å²) in [5.74, 6) is -5.79. The Hall–Kier alpha value is -2.64. The molecule has 156 valence electrons. The van der Waals surface area contributed by atoms with Crippen molar-refractivity contribution < 1.29 is 38.9 Å². The molecule has 1 aliphatic carbocycles. The zero-order valence-corrected chi connectivity index (χ0v) is 16.5. The summed E-state index contributed by atoms with van der Waals surface area (Å²) in [7, 11) is 0. The number of rotatable bonds is 9. The molecule has 1 saturated carbocycles. The summed E-state index contributed by atoms with van der Waals surface area (Å²) in [4.78, 5) is 47.7. The highest BCUT2D eigenvalue weighted by atomic mass is 16.5. The van der Waals surface area contributed by atoms with Gasteiger partial charge in [0.1, 0.15) is 12.0 Å². The van der Waals surface area contributed by atoms with Crippen LogP contribution in [0.4, 0.5) is 0 Å². The molecule has 0 bridgehead atoms. The van der Waals surface area contributed by atoms with Gasteiger partial charge in [-0.2, -0.15) is 0 Å². The first-order valence-electron chi connectivity index (χ1n) is 9.07. The smallest absolute Gasteiger partial charge is 0.333 e. The normalized spacial score (nSPS) is 25.2. The molecular formula is C20H28O8. The van der Waals surface area contributed by atoms with Crippen LogP contribution < -0.4 is 0 Å². The number of aliphatic carboxylic acids is 2. The number of carboxylic acid groups (broad SMARTS) is 2. The van der Waals surface area contributed by atoms with Gasteiger partial charge in [-0.15, -0.1) is 0 Å². The highest BCUT2D eigenvalue weighted by Gasteiger charge is 2.56. The third-order valence-corrected chi connectivity index (χ3v) is 4.94. The molecule has 4 atom stereocenters. The number of hydrogen-bond acceptors (Lipinski definition) is 6. The summed E-state index contributed by atoms with van der Waals surface area (Å²) in [6, 6.07) is 0. The number of carboxylic acids is 2. The monoisotopic (exact) mass is 396 g/mol. The Kier molecular flexibility index (Phi) is 7.96. The van der Waals surface area contributed by atoms with E-state index in [4.69, 9.17) is 9.47 Å². The Balaban J connectivity index is 3.10. The van der Waals surface area contributed by atoms with E-state index in [2.05, 4.69) is 13.2 Å². The summed E-state index contributed by atoms with van der Waals surface area (Å²) in [6.45, 7) is 11.5. The maximum Gasteiger partial charge on any atom is 0.333 e. The quantitative estimate of drug-likeness (QED) is 0.450. The van der Waals surface area contributed by atoms with Crippen LogP contribution in [0.1, 0.15) is 46.5 Å². The van der Waals surface area contributed by atoms with E-state index >= 15 is 0 Å². The second-order valence-electron chi connectivity index (χ2n) is 7.58. The van der Waals surface area contributed by atoms with Crippen molar-refractivity contribution in [1.82, 2.24) is 0 Å². The second-order valence-corrected chi connectivity index (χ2v) is 7.58. The molecule has 0 saturated heterocycles. The van der Waals surface area contributed by atoms with E-state index in [-0.39, 0.29) is 37.0 Å². The topological polar surface area (TPSA) is 127 Å². The lowest BCUT2D eigenvalue weighted by atomic mass is 9.61. The van der Waals surface area contributed by atoms with E-state index in [9.17, 15) is 29.4 Å². The number of carbonyl (C=O) groups excluding carboxylic acids is 2. The van der Waals surface area contributed by atoms with Crippen molar-refractivity contribution in [3.05, 3.63) is 24.3 Å². The van der Waals surface area contributed by atoms with Crippen LogP contribution >= 0.6 is 0 Å². The molecule has 0 aromatic carbocycles. The summed E-state index contributed by atoms with van der Waals surface area (Å²) in [6.07, 6.45) is -0.341. The molecule has 1 fully saturated rings. The van der Waals surface area contributed by atoms with Crippen LogP contribution in [0.2, 0.25) is 0 Å². The number of esters is 2. The van der Waals surface area contributed by atoms with Crippen molar-refractivity contribution in [2.45, 2.75) is 52.6 Å². The first-order valence-corrected chi connectivity index (χ1v) is 9.07. The van der Waals surface area contributed by atoms with Crippen LogP contribution in [0.25, 0.3) is 0 Å². The fourth-order valence-electron chi connectivity index (χ4n) is 3.64. The van der Waals surface area contributed by atoms with Gasteiger partial charge in [0.15, 0.2) is 0 Å². The summed E-state index contributed by atoms with van der Waals surface area (Å²) in [5.41, 5.74) is -1.32. The van der Waals surface area contributed by atoms with Crippen LogP contribution in [-0.2, 0) is 28.7 Å². The Bertz CT molecular complexity index is 680. The molecule has 0 heterocycles. The highest BCUT2D eigenvalue weighted by molar-refractivity contribution is 5.88. The molecule has 0 aliphatic heterocycles. The second kappa shape index (κ2) is 9.52. The molecule has 0 radical (unpaired) electrons. The van der Waals surface area contributed by atoms with Crippen LogP contribution in [-0.4, -0.2) is 46.8 Å². The fourth-order valence-corrected chi connectivity index (χ4v) is 3.64. The summed E-state index contributed by atoms with van der Waals surface area (Å²) in [5, 5.41) is 19.7. The van der Waals surface area contributed by atoms with E-state index < -0.39 is 47.2 Å². The molecule has 4 unspecified atom stereocenters. The van der Waals surface area contributed by atoms with Crippen molar-refractivity contribution in [1.29, 1.82) is 0 Å².